The van der Waals surface area contributed by atoms with Crippen LogP contribution in [0, 0.1) is 17.8 Å². The first-order valence-corrected chi connectivity index (χ1v) is 8.88. The molecule has 5 unspecified atom stereocenters. The first kappa shape index (κ1) is 16.2. The maximum Gasteiger partial charge on any atom is 0.242 e. The number of carbonyl (C=O) groups is 1. The van der Waals surface area contributed by atoms with E-state index in [1.807, 2.05) is 4.90 Å². The highest BCUT2D eigenvalue weighted by Crippen LogP contribution is 2.36. The van der Waals surface area contributed by atoms with E-state index in [0.717, 1.165) is 45.2 Å². The zero-order valence-corrected chi connectivity index (χ0v) is 13.8. The predicted octanol–water partition coefficient (Wildman–Crippen LogP) is 2.68. The van der Waals surface area contributed by atoms with Gasteiger partial charge in [-0.1, -0.05) is 20.3 Å². The first-order chi connectivity index (χ1) is 10.5. The third-order valence-electron chi connectivity index (χ3n) is 5.73. The lowest BCUT2D eigenvalue weighted by Gasteiger charge is -2.29. The summed E-state index contributed by atoms with van der Waals surface area (Å²) in [6.45, 7) is 5.85. The Labute approximate surface area is 132 Å². The molecule has 0 bridgehead atoms. The average molecular weight is 312 g/mol. The molecule has 4 nitrogen and oxygen atoms in total. The molecule has 0 spiro atoms. The molecule has 2 heterocycles. The van der Waals surface area contributed by atoms with Crippen LogP contribution in [0.25, 0.3) is 0 Å². The van der Waals surface area contributed by atoms with Crippen molar-refractivity contribution >= 4 is 5.91 Å². The lowest BCUT2D eigenvalue weighted by atomic mass is 9.79. The molecule has 3 aliphatic rings. The summed E-state index contributed by atoms with van der Waals surface area (Å²) in [5.74, 6) is 1.54. The van der Waals surface area contributed by atoms with Gasteiger partial charge in [-0.3, -0.25) is 9.63 Å². The molecule has 3 rings (SSSR count). The Morgan fingerprint density at radius 2 is 2.05 bits per heavy atom. The quantitative estimate of drug-likeness (QED) is 0.871. The fourth-order valence-corrected chi connectivity index (χ4v) is 4.24. The van der Waals surface area contributed by atoms with Crippen molar-refractivity contribution in [2.75, 3.05) is 13.1 Å². The van der Waals surface area contributed by atoms with Crippen LogP contribution in [0.5, 0.6) is 0 Å². The molecule has 5 atom stereocenters. The zero-order chi connectivity index (χ0) is 15.7. The van der Waals surface area contributed by atoms with Gasteiger partial charge in [0.2, 0.25) is 5.91 Å². The molecule has 1 amide bonds. The molecular weight excluding hydrogens is 283 g/mol. The second-order valence-electron chi connectivity index (χ2n) is 7.66. The average Bonchev–Trinajstić information content (AvgIpc) is 3.16. The summed E-state index contributed by atoms with van der Waals surface area (Å²) in [6, 6.07) is -0.202. The molecule has 0 aromatic heterocycles. The van der Waals surface area contributed by atoms with Gasteiger partial charge in [0, 0.05) is 19.5 Å². The van der Waals surface area contributed by atoms with E-state index in [2.05, 4.69) is 19.3 Å². The van der Waals surface area contributed by atoms with Crippen molar-refractivity contribution in [3.63, 3.8) is 0 Å². The maximum absolute atomic E-state index is 13.6. The predicted molar refractivity (Wildman–Crippen MR) is 82.8 cm³/mol. The summed E-state index contributed by atoms with van der Waals surface area (Å²) in [4.78, 5) is 20.1. The van der Waals surface area contributed by atoms with Gasteiger partial charge in [-0.25, -0.2) is 4.39 Å². The monoisotopic (exact) mass is 312 g/mol. The van der Waals surface area contributed by atoms with Crippen LogP contribution in [0.3, 0.4) is 0 Å². The van der Waals surface area contributed by atoms with E-state index in [9.17, 15) is 9.18 Å². The number of hydrogen-bond donors (Lipinski definition) is 1. The van der Waals surface area contributed by atoms with Crippen LogP contribution in [-0.2, 0) is 9.63 Å². The second kappa shape index (κ2) is 6.83. The lowest BCUT2D eigenvalue weighted by molar-refractivity contribution is -0.133. The summed E-state index contributed by atoms with van der Waals surface area (Å²) in [5.41, 5.74) is 2.91. The molecule has 3 fully saturated rings. The second-order valence-corrected chi connectivity index (χ2v) is 7.66. The van der Waals surface area contributed by atoms with E-state index in [1.54, 1.807) is 0 Å². The van der Waals surface area contributed by atoms with Crippen molar-refractivity contribution < 1.29 is 14.0 Å². The Bertz CT molecular complexity index is 404. The summed E-state index contributed by atoms with van der Waals surface area (Å²) in [7, 11) is 0. The molecule has 1 N–H and O–H groups in total. The Balaban J connectivity index is 1.51. The van der Waals surface area contributed by atoms with E-state index in [1.165, 1.54) is 0 Å². The minimum absolute atomic E-state index is 0.123. The van der Waals surface area contributed by atoms with Gasteiger partial charge in [-0.05, 0) is 43.4 Å². The Morgan fingerprint density at radius 3 is 2.73 bits per heavy atom. The van der Waals surface area contributed by atoms with E-state index >= 15 is 0 Å². The summed E-state index contributed by atoms with van der Waals surface area (Å²) >= 11 is 0. The van der Waals surface area contributed by atoms with E-state index in [-0.39, 0.29) is 18.1 Å². The van der Waals surface area contributed by atoms with E-state index in [4.69, 9.17) is 4.84 Å². The topological polar surface area (TPSA) is 41.6 Å². The first-order valence-electron chi connectivity index (χ1n) is 8.88. The Morgan fingerprint density at radius 1 is 1.23 bits per heavy atom. The molecule has 0 aromatic rings. The number of nitrogens with zero attached hydrogens (tertiary/aromatic N) is 1. The Kier molecular flexibility index (Phi) is 5.03. The highest BCUT2D eigenvalue weighted by Gasteiger charge is 2.39. The third kappa shape index (κ3) is 3.46. The van der Waals surface area contributed by atoms with E-state index < -0.39 is 6.17 Å². The fraction of sp³-hybridized carbons (Fsp3) is 0.941. The highest BCUT2D eigenvalue weighted by atomic mass is 19.1. The lowest BCUT2D eigenvalue weighted by Crippen LogP contribution is -2.42. The molecule has 1 aliphatic carbocycles. The number of hydroxylamine groups is 1. The van der Waals surface area contributed by atoms with Crippen molar-refractivity contribution in [3.8, 4) is 0 Å². The van der Waals surface area contributed by atoms with Gasteiger partial charge >= 0.3 is 0 Å². The number of nitrogens with one attached hydrogen (secondary N) is 1. The van der Waals surface area contributed by atoms with Crippen molar-refractivity contribution in [1.29, 1.82) is 0 Å². The number of rotatable bonds is 3. The van der Waals surface area contributed by atoms with Crippen LogP contribution >= 0.6 is 0 Å². The third-order valence-corrected chi connectivity index (χ3v) is 5.73. The van der Waals surface area contributed by atoms with Crippen LogP contribution in [0.15, 0.2) is 0 Å². The minimum atomic E-state index is -0.625. The van der Waals surface area contributed by atoms with Gasteiger partial charge in [0.05, 0.1) is 6.10 Å². The van der Waals surface area contributed by atoms with Crippen molar-refractivity contribution in [2.24, 2.45) is 17.8 Å². The summed E-state index contributed by atoms with van der Waals surface area (Å²) < 4.78 is 13.6. The summed E-state index contributed by atoms with van der Waals surface area (Å²) in [5, 5.41) is 0. The largest absolute Gasteiger partial charge is 0.341 e. The molecule has 22 heavy (non-hydrogen) atoms. The van der Waals surface area contributed by atoms with Crippen molar-refractivity contribution in [1.82, 2.24) is 10.4 Å². The molecule has 0 aromatic carbocycles. The molecule has 2 aliphatic heterocycles. The minimum Gasteiger partial charge on any atom is -0.341 e. The molecule has 0 radical (unpaired) electrons. The standard InChI is InChI=1S/C17H29FN2O2/c1-11(2)16-9-15(19-22-16)17(21)20-7-6-13(10-20)12-4-3-5-14(18)8-12/h11-16,19H,3-10H2,1-2H3. The van der Waals surface area contributed by atoms with Crippen LogP contribution in [0.1, 0.15) is 52.4 Å². The van der Waals surface area contributed by atoms with Crippen LogP contribution in [-0.4, -0.2) is 42.2 Å². The molecule has 126 valence electrons. The molecule has 1 saturated carbocycles. The number of alkyl halides is 1. The SMILES string of the molecule is CC(C)C1CC(C(=O)N2CCC(C3CCCC(F)C3)C2)NO1. The number of likely N-dealkylation sites (tertiary alicyclic amines) is 1. The summed E-state index contributed by atoms with van der Waals surface area (Å²) in [6.07, 6.45) is 4.85. The smallest absolute Gasteiger partial charge is 0.242 e. The van der Waals surface area contributed by atoms with E-state index in [0.29, 0.717) is 24.2 Å². The van der Waals surface area contributed by atoms with Crippen LogP contribution in [0.2, 0.25) is 0 Å². The number of hydrogen-bond acceptors (Lipinski definition) is 3. The van der Waals surface area contributed by atoms with Gasteiger partial charge in [-0.15, -0.1) is 0 Å². The molecule has 5 heteroatoms. The fourth-order valence-electron chi connectivity index (χ4n) is 4.24. The van der Waals surface area contributed by atoms with Crippen LogP contribution in [0.4, 0.5) is 4.39 Å². The normalized spacial score (nSPS) is 39.6. The maximum atomic E-state index is 13.6. The Hall–Kier alpha value is -0.680. The van der Waals surface area contributed by atoms with Gasteiger partial charge in [-0.2, -0.15) is 5.48 Å². The van der Waals surface area contributed by atoms with Gasteiger partial charge in [0.1, 0.15) is 12.2 Å². The van der Waals surface area contributed by atoms with Crippen molar-refractivity contribution in [2.45, 2.75) is 70.7 Å². The van der Waals surface area contributed by atoms with Gasteiger partial charge < -0.3 is 4.90 Å². The van der Waals surface area contributed by atoms with Crippen LogP contribution < -0.4 is 5.48 Å². The number of halogens is 1. The van der Waals surface area contributed by atoms with Crippen molar-refractivity contribution in [3.05, 3.63) is 0 Å². The van der Waals surface area contributed by atoms with Gasteiger partial charge in [0.25, 0.3) is 0 Å². The molecular formula is C17H29FN2O2. The number of amides is 1. The molecule has 2 saturated heterocycles. The van der Waals surface area contributed by atoms with Gasteiger partial charge in [0.15, 0.2) is 0 Å². The number of carbonyl (C=O) groups excluding carboxylic acids is 1. The zero-order valence-electron chi connectivity index (χ0n) is 13.8. The highest BCUT2D eigenvalue weighted by molar-refractivity contribution is 5.82.